The first kappa shape index (κ1) is 20.6. The number of carbonyl (C=O) groups excluding carboxylic acids is 1. The van der Waals surface area contributed by atoms with Crippen molar-refractivity contribution in [1.29, 1.82) is 0 Å². The highest BCUT2D eigenvalue weighted by molar-refractivity contribution is 7.93. The number of hydrogen-bond donors (Lipinski definition) is 0. The molecule has 0 bridgehead atoms. The number of morpholine rings is 1. The molecule has 0 aliphatic carbocycles. The van der Waals surface area contributed by atoms with Crippen LogP contribution in [-0.4, -0.2) is 87.7 Å². The number of hydrogen-bond acceptors (Lipinski definition) is 6. The lowest BCUT2D eigenvalue weighted by Crippen LogP contribution is -2.69. The van der Waals surface area contributed by atoms with Crippen LogP contribution in [-0.2, 0) is 25.8 Å². The van der Waals surface area contributed by atoms with Crippen LogP contribution in [0.15, 0.2) is 24.3 Å². The highest BCUT2D eigenvalue weighted by Crippen LogP contribution is 2.45. The van der Waals surface area contributed by atoms with Crippen molar-refractivity contribution in [1.82, 2.24) is 9.80 Å². The van der Waals surface area contributed by atoms with Gasteiger partial charge in [0.25, 0.3) is 0 Å². The number of aryl methyl sites for hydroxylation is 1. The van der Waals surface area contributed by atoms with Crippen molar-refractivity contribution >= 4 is 15.7 Å². The molecule has 1 aromatic carbocycles. The fourth-order valence-corrected chi connectivity index (χ4v) is 7.32. The van der Waals surface area contributed by atoms with E-state index < -0.39 is 14.6 Å². The molecule has 160 valence electrons. The molecule has 0 N–H and O–H groups in total. The molecule has 1 unspecified atom stereocenters. The highest BCUT2D eigenvalue weighted by atomic mass is 32.2. The largest absolute Gasteiger partial charge is 0.496 e. The molecule has 7 nitrogen and oxygen atoms in total. The average Bonchev–Trinajstić information content (AvgIpc) is 2.96. The van der Waals surface area contributed by atoms with E-state index in [-0.39, 0.29) is 17.6 Å². The summed E-state index contributed by atoms with van der Waals surface area (Å²) in [6, 6.07) is 7.69. The zero-order chi connectivity index (χ0) is 20.5. The van der Waals surface area contributed by atoms with Gasteiger partial charge in [-0.1, -0.05) is 18.2 Å². The van der Waals surface area contributed by atoms with Gasteiger partial charge in [0.15, 0.2) is 9.84 Å². The summed E-state index contributed by atoms with van der Waals surface area (Å²) in [4.78, 5) is 16.7. The van der Waals surface area contributed by atoms with Gasteiger partial charge in [-0.2, -0.15) is 0 Å². The Hall–Kier alpha value is -1.64. The summed E-state index contributed by atoms with van der Waals surface area (Å²) in [5, 5.41) is 0. The van der Waals surface area contributed by atoms with Gasteiger partial charge in [-0.3, -0.25) is 9.69 Å². The predicted octanol–water partition coefficient (Wildman–Crippen LogP) is 0.976. The highest BCUT2D eigenvalue weighted by Gasteiger charge is 2.62. The Bertz CT molecular complexity index is 844. The molecule has 3 aliphatic rings. The summed E-state index contributed by atoms with van der Waals surface area (Å²) in [6.45, 7) is 4.60. The van der Waals surface area contributed by atoms with Gasteiger partial charge >= 0.3 is 0 Å². The van der Waals surface area contributed by atoms with E-state index in [2.05, 4.69) is 4.90 Å². The summed E-state index contributed by atoms with van der Waals surface area (Å²) < 4.78 is 35.7. The van der Waals surface area contributed by atoms with Crippen molar-refractivity contribution < 1.29 is 22.7 Å². The second-order valence-electron chi connectivity index (χ2n) is 8.34. The zero-order valence-corrected chi connectivity index (χ0v) is 17.8. The Labute approximate surface area is 172 Å². The monoisotopic (exact) mass is 422 g/mol. The van der Waals surface area contributed by atoms with E-state index in [1.807, 2.05) is 24.3 Å². The van der Waals surface area contributed by atoms with Gasteiger partial charge in [-0.15, -0.1) is 0 Å². The molecular formula is C21H30N2O5S. The summed E-state index contributed by atoms with van der Waals surface area (Å²) in [6.07, 6.45) is 1.66. The lowest BCUT2D eigenvalue weighted by atomic mass is 9.82. The topological polar surface area (TPSA) is 76.2 Å². The molecule has 0 saturated carbocycles. The maximum atomic E-state index is 12.9. The quantitative estimate of drug-likeness (QED) is 0.680. The van der Waals surface area contributed by atoms with Crippen molar-refractivity contribution in [3.63, 3.8) is 0 Å². The number of methoxy groups -OCH3 is 1. The number of ether oxygens (including phenoxy) is 2. The smallest absolute Gasteiger partial charge is 0.223 e. The van der Waals surface area contributed by atoms with E-state index in [1.54, 1.807) is 12.0 Å². The fraction of sp³-hybridized carbons (Fsp3) is 0.667. The number of rotatable bonds is 6. The predicted molar refractivity (Wildman–Crippen MR) is 110 cm³/mol. The molecule has 4 rings (SSSR count). The van der Waals surface area contributed by atoms with Crippen LogP contribution in [0, 0.1) is 5.92 Å². The van der Waals surface area contributed by atoms with Gasteiger partial charge in [0.05, 0.1) is 26.1 Å². The minimum atomic E-state index is -3.17. The van der Waals surface area contributed by atoms with Crippen LogP contribution in [0.2, 0.25) is 0 Å². The lowest BCUT2D eigenvalue weighted by Gasteiger charge is -2.51. The second-order valence-corrected chi connectivity index (χ2v) is 10.8. The van der Waals surface area contributed by atoms with Crippen LogP contribution in [0.25, 0.3) is 0 Å². The third-order valence-corrected chi connectivity index (χ3v) is 9.35. The van der Waals surface area contributed by atoms with E-state index in [4.69, 9.17) is 9.47 Å². The van der Waals surface area contributed by atoms with Gasteiger partial charge in [-0.25, -0.2) is 8.42 Å². The number of carbonyl (C=O) groups is 1. The summed E-state index contributed by atoms with van der Waals surface area (Å²) in [5.41, 5.74) is 0.997. The maximum absolute atomic E-state index is 12.9. The minimum Gasteiger partial charge on any atom is -0.496 e. The molecule has 1 spiro atoms. The van der Waals surface area contributed by atoms with Gasteiger partial charge in [-0.05, 0) is 30.4 Å². The zero-order valence-electron chi connectivity index (χ0n) is 17.0. The standard InChI is InChI=1S/C21H30N2O5S/c1-27-19-5-3-2-4-17(19)6-7-20(24)23-15-21(16-23)18(8-13-29(21,25)26)14-22-9-11-28-12-10-22/h2-5,18H,6-16H2,1H3. The summed E-state index contributed by atoms with van der Waals surface area (Å²) in [7, 11) is -1.54. The van der Waals surface area contributed by atoms with Gasteiger partial charge in [0.1, 0.15) is 10.5 Å². The first-order chi connectivity index (χ1) is 13.9. The molecule has 3 heterocycles. The van der Waals surface area contributed by atoms with Gasteiger partial charge in [0, 0.05) is 39.1 Å². The first-order valence-corrected chi connectivity index (χ1v) is 12.0. The fourth-order valence-electron chi connectivity index (χ4n) is 4.91. The Morgan fingerprint density at radius 1 is 1.24 bits per heavy atom. The van der Waals surface area contributed by atoms with E-state index in [9.17, 15) is 13.2 Å². The molecule has 1 atom stereocenters. The molecular weight excluding hydrogens is 392 g/mol. The molecule has 8 heteroatoms. The molecule has 1 amide bonds. The third-order valence-electron chi connectivity index (χ3n) is 6.75. The van der Waals surface area contributed by atoms with Crippen molar-refractivity contribution in [3.05, 3.63) is 29.8 Å². The summed E-state index contributed by atoms with van der Waals surface area (Å²) in [5.74, 6) is 1.15. The number of para-hydroxylation sites is 1. The second kappa shape index (κ2) is 8.24. The van der Waals surface area contributed by atoms with Crippen LogP contribution in [0.3, 0.4) is 0 Å². The van der Waals surface area contributed by atoms with Crippen LogP contribution in [0.1, 0.15) is 18.4 Å². The van der Waals surface area contributed by atoms with Crippen LogP contribution in [0.5, 0.6) is 5.75 Å². The lowest BCUT2D eigenvalue weighted by molar-refractivity contribution is -0.137. The average molecular weight is 423 g/mol. The Kier molecular flexibility index (Phi) is 5.86. The molecule has 3 fully saturated rings. The Morgan fingerprint density at radius 2 is 1.97 bits per heavy atom. The number of likely N-dealkylation sites (tertiary alicyclic amines) is 1. The van der Waals surface area contributed by atoms with Crippen molar-refractivity contribution in [2.75, 3.05) is 58.8 Å². The molecule has 0 aromatic heterocycles. The Balaban J connectivity index is 1.37. The molecule has 3 saturated heterocycles. The third kappa shape index (κ3) is 3.90. The number of sulfone groups is 1. The Morgan fingerprint density at radius 3 is 2.69 bits per heavy atom. The van der Waals surface area contributed by atoms with Crippen LogP contribution >= 0.6 is 0 Å². The van der Waals surface area contributed by atoms with Crippen molar-refractivity contribution in [3.8, 4) is 5.75 Å². The number of nitrogens with zero attached hydrogens (tertiary/aromatic N) is 2. The molecule has 0 radical (unpaired) electrons. The molecule has 29 heavy (non-hydrogen) atoms. The number of amides is 1. The van der Waals surface area contributed by atoms with Gasteiger partial charge in [0.2, 0.25) is 5.91 Å². The van der Waals surface area contributed by atoms with Crippen LogP contribution in [0.4, 0.5) is 0 Å². The molecule has 1 aromatic rings. The minimum absolute atomic E-state index is 0.0220. The van der Waals surface area contributed by atoms with E-state index >= 15 is 0 Å². The molecule has 3 aliphatic heterocycles. The first-order valence-electron chi connectivity index (χ1n) is 10.4. The van der Waals surface area contributed by atoms with Gasteiger partial charge < -0.3 is 14.4 Å². The van der Waals surface area contributed by atoms with E-state index in [0.717, 1.165) is 30.9 Å². The normalized spacial score (nSPS) is 25.7. The SMILES string of the molecule is COc1ccccc1CCC(=O)N1CC2(C1)C(CN1CCOCC1)CCS2(=O)=O. The van der Waals surface area contributed by atoms with Crippen molar-refractivity contribution in [2.24, 2.45) is 5.92 Å². The maximum Gasteiger partial charge on any atom is 0.223 e. The van der Waals surface area contributed by atoms with Crippen LogP contribution < -0.4 is 4.74 Å². The van der Waals surface area contributed by atoms with E-state index in [0.29, 0.717) is 45.6 Å². The van der Waals surface area contributed by atoms with Crippen molar-refractivity contribution in [2.45, 2.75) is 24.0 Å². The summed E-state index contributed by atoms with van der Waals surface area (Å²) >= 11 is 0. The number of benzene rings is 1. The van der Waals surface area contributed by atoms with E-state index in [1.165, 1.54) is 0 Å².